The molecule has 50 valence electrons. The van der Waals surface area contributed by atoms with Gasteiger partial charge in [0, 0.05) is 19.5 Å². The molecule has 0 spiro atoms. The van der Waals surface area contributed by atoms with E-state index >= 15 is 0 Å². The first-order chi connectivity index (χ1) is 3.83. The Kier molecular flexibility index (Phi) is 45.5. The van der Waals surface area contributed by atoms with E-state index in [1.165, 1.54) is 0 Å². The van der Waals surface area contributed by atoms with E-state index in [-0.39, 0.29) is 32.4 Å². The van der Waals surface area contributed by atoms with Gasteiger partial charge in [-0.25, -0.2) is 10.5 Å². The third kappa shape index (κ3) is 102. The molecular formula is C2H4O6Zn. The van der Waals surface area contributed by atoms with Gasteiger partial charge in [0.1, 0.15) is 0 Å². The van der Waals surface area contributed by atoms with Gasteiger partial charge in [0.05, 0.1) is 0 Å². The molecule has 0 aromatic carbocycles. The van der Waals surface area contributed by atoms with Crippen molar-refractivity contribution in [2.45, 2.75) is 0 Å². The predicted octanol–water partition coefficient (Wildman–Crippen LogP) is -0.738. The van der Waals surface area contributed by atoms with Crippen LogP contribution in [-0.2, 0) is 38.8 Å². The average Bonchev–Trinajstić information content (AvgIpc) is 1.88. The van der Waals surface area contributed by atoms with Gasteiger partial charge in [-0.3, -0.25) is 9.59 Å². The predicted molar refractivity (Wildman–Crippen MR) is 19.6 cm³/mol. The number of hydrogen-bond donors (Lipinski definition) is 2. The van der Waals surface area contributed by atoms with E-state index in [4.69, 9.17) is 20.1 Å². The Bertz CT molecular complexity index is 47.0. The van der Waals surface area contributed by atoms with Crippen LogP contribution in [-0.4, -0.2) is 23.5 Å². The summed E-state index contributed by atoms with van der Waals surface area (Å²) >= 11 is 0. The zero-order valence-corrected chi connectivity index (χ0v) is 7.36. The van der Waals surface area contributed by atoms with E-state index in [2.05, 4.69) is 9.78 Å². The van der Waals surface area contributed by atoms with E-state index in [0.717, 1.165) is 0 Å². The van der Waals surface area contributed by atoms with Crippen LogP contribution in [0.4, 0.5) is 0 Å². The molecule has 6 nitrogen and oxygen atoms in total. The number of carbonyl (C=O) groups excluding carboxylic acids is 2. The number of rotatable bonds is 2. The molecule has 0 atom stereocenters. The third-order valence-corrected chi connectivity index (χ3v) is 0.0861. The molecule has 0 bridgehead atoms. The zero-order chi connectivity index (χ0) is 6.83. The second kappa shape index (κ2) is 25.9. The van der Waals surface area contributed by atoms with Crippen molar-refractivity contribution >= 4 is 12.9 Å². The van der Waals surface area contributed by atoms with Gasteiger partial charge in [-0.15, -0.1) is 0 Å². The van der Waals surface area contributed by atoms with E-state index in [0.29, 0.717) is 0 Å². The molecule has 7 heteroatoms. The van der Waals surface area contributed by atoms with Crippen LogP contribution in [0.2, 0.25) is 0 Å². The molecule has 0 fully saturated rings. The maximum absolute atomic E-state index is 8.70. The van der Waals surface area contributed by atoms with Crippen LogP contribution in [0, 0.1) is 0 Å². The Labute approximate surface area is 63.0 Å². The maximum Gasteiger partial charge on any atom is 0.330 e. The Morgan fingerprint density at radius 2 is 1.11 bits per heavy atom. The number of hydrogen-bond acceptors (Lipinski definition) is 6. The van der Waals surface area contributed by atoms with Crippen molar-refractivity contribution in [1.29, 1.82) is 0 Å². The summed E-state index contributed by atoms with van der Waals surface area (Å²) in [4.78, 5) is 23.1. The standard InChI is InChI=1S/2CH2O3.Zn/c2*2-1-4-3;/h2*1,3H;. The minimum atomic E-state index is -0.0694. The largest absolute Gasteiger partial charge is 0.330 e. The van der Waals surface area contributed by atoms with Crippen molar-refractivity contribution in [3.05, 3.63) is 0 Å². The first kappa shape index (κ1) is 15.8. The van der Waals surface area contributed by atoms with E-state index < -0.39 is 0 Å². The van der Waals surface area contributed by atoms with Crippen molar-refractivity contribution in [2.75, 3.05) is 0 Å². The Morgan fingerprint density at radius 3 is 1.11 bits per heavy atom. The second-order valence-corrected chi connectivity index (χ2v) is 0.403. The van der Waals surface area contributed by atoms with Crippen LogP contribution >= 0.6 is 0 Å². The third-order valence-electron chi connectivity index (χ3n) is 0.0861. The monoisotopic (exact) mass is 188 g/mol. The van der Waals surface area contributed by atoms with Crippen molar-refractivity contribution < 1.29 is 49.4 Å². The molecule has 0 aromatic heterocycles. The summed E-state index contributed by atoms with van der Waals surface area (Å²) < 4.78 is 0. The SMILES string of the molecule is O=COO.O=COO.[Zn]. The molecule has 0 saturated heterocycles. The first-order valence-electron chi connectivity index (χ1n) is 1.31. The molecular weight excluding hydrogens is 185 g/mol. The molecule has 0 amide bonds. The van der Waals surface area contributed by atoms with Crippen LogP contribution in [0.15, 0.2) is 0 Å². The molecule has 0 heterocycles. The summed E-state index contributed by atoms with van der Waals surface area (Å²) in [7, 11) is 0. The Hall–Kier alpha value is -0.517. The van der Waals surface area contributed by atoms with Crippen LogP contribution in [0.1, 0.15) is 0 Å². The summed E-state index contributed by atoms with van der Waals surface area (Å²) in [6.45, 7) is -0.139. The van der Waals surface area contributed by atoms with Crippen molar-refractivity contribution in [1.82, 2.24) is 0 Å². The van der Waals surface area contributed by atoms with Gasteiger partial charge in [0.25, 0.3) is 0 Å². The quantitative estimate of drug-likeness (QED) is 0.257. The minimum Gasteiger partial charge on any atom is -0.304 e. The van der Waals surface area contributed by atoms with E-state index in [9.17, 15) is 0 Å². The van der Waals surface area contributed by atoms with Crippen LogP contribution in [0.3, 0.4) is 0 Å². The fourth-order valence-electron chi connectivity index (χ4n) is 0. The first-order valence-corrected chi connectivity index (χ1v) is 1.31. The topological polar surface area (TPSA) is 93.1 Å². The molecule has 0 aliphatic carbocycles. The molecule has 0 aliphatic heterocycles. The summed E-state index contributed by atoms with van der Waals surface area (Å²) in [6, 6.07) is 0. The second-order valence-electron chi connectivity index (χ2n) is 0.403. The normalized spacial score (nSPS) is 4.67. The van der Waals surface area contributed by atoms with Crippen molar-refractivity contribution in [3.8, 4) is 0 Å². The summed E-state index contributed by atoms with van der Waals surface area (Å²) in [5.41, 5.74) is 0. The fourth-order valence-corrected chi connectivity index (χ4v) is 0. The smallest absolute Gasteiger partial charge is 0.304 e. The molecule has 0 radical (unpaired) electrons. The van der Waals surface area contributed by atoms with Gasteiger partial charge in [0.15, 0.2) is 0 Å². The zero-order valence-electron chi connectivity index (χ0n) is 4.39. The van der Waals surface area contributed by atoms with Gasteiger partial charge < -0.3 is 9.78 Å². The van der Waals surface area contributed by atoms with Crippen molar-refractivity contribution in [2.24, 2.45) is 0 Å². The fraction of sp³-hybridized carbons (Fsp3) is 0. The minimum absolute atomic E-state index is 0. The Morgan fingerprint density at radius 1 is 1.00 bits per heavy atom. The molecule has 0 unspecified atom stereocenters. The van der Waals surface area contributed by atoms with Crippen molar-refractivity contribution in [3.63, 3.8) is 0 Å². The average molecular weight is 189 g/mol. The van der Waals surface area contributed by atoms with E-state index in [1.807, 2.05) is 0 Å². The number of carbonyl (C=O) groups is 2. The van der Waals surface area contributed by atoms with E-state index in [1.54, 1.807) is 0 Å². The van der Waals surface area contributed by atoms with Crippen LogP contribution in [0.5, 0.6) is 0 Å². The van der Waals surface area contributed by atoms with Crippen LogP contribution < -0.4 is 0 Å². The van der Waals surface area contributed by atoms with Gasteiger partial charge in [-0.05, 0) is 0 Å². The molecule has 9 heavy (non-hydrogen) atoms. The van der Waals surface area contributed by atoms with Gasteiger partial charge in [-0.2, -0.15) is 0 Å². The van der Waals surface area contributed by atoms with Gasteiger partial charge in [0.2, 0.25) is 0 Å². The summed E-state index contributed by atoms with van der Waals surface area (Å²) in [5, 5.41) is 14.0. The molecule has 0 aromatic rings. The molecule has 2 N–H and O–H groups in total. The molecule has 0 rings (SSSR count). The summed E-state index contributed by atoms with van der Waals surface area (Å²) in [6.07, 6.45) is 0. The van der Waals surface area contributed by atoms with Gasteiger partial charge in [-0.1, -0.05) is 0 Å². The maximum atomic E-state index is 8.70. The van der Waals surface area contributed by atoms with Gasteiger partial charge >= 0.3 is 12.9 Å². The Balaban J connectivity index is -0.0000000720. The summed E-state index contributed by atoms with van der Waals surface area (Å²) in [5.74, 6) is 0. The molecule has 0 saturated carbocycles. The molecule has 0 aliphatic rings. The van der Waals surface area contributed by atoms with Crippen LogP contribution in [0.25, 0.3) is 0 Å².